The Balaban J connectivity index is 1.37. The summed E-state index contributed by atoms with van der Waals surface area (Å²) in [6, 6.07) is 7.68. The summed E-state index contributed by atoms with van der Waals surface area (Å²) >= 11 is 0. The fourth-order valence-corrected chi connectivity index (χ4v) is 5.55. The molecule has 36 heavy (non-hydrogen) atoms. The van der Waals surface area contributed by atoms with Crippen molar-refractivity contribution in [1.82, 2.24) is 19.8 Å². The van der Waals surface area contributed by atoms with E-state index in [0.29, 0.717) is 40.7 Å². The van der Waals surface area contributed by atoms with Gasteiger partial charge >= 0.3 is 0 Å². The fraction of sp³-hybridized carbons (Fsp3) is 0.444. The van der Waals surface area contributed by atoms with E-state index in [1.54, 1.807) is 31.5 Å². The Hall–Kier alpha value is -3.30. The minimum Gasteiger partial charge on any atom is -0.506 e. The van der Waals surface area contributed by atoms with Crippen molar-refractivity contribution in [3.8, 4) is 16.9 Å². The molecule has 0 radical (unpaired) electrons. The number of methoxy groups -OCH3 is 1. The van der Waals surface area contributed by atoms with Gasteiger partial charge in [-0.3, -0.25) is 19.1 Å². The Labute approximate surface area is 207 Å². The second-order valence-corrected chi connectivity index (χ2v) is 10.5. The molecule has 0 bridgehead atoms. The predicted octanol–water partition coefficient (Wildman–Crippen LogP) is 2.91. The van der Waals surface area contributed by atoms with Crippen LogP contribution in [0.15, 0.2) is 41.3 Å². The van der Waals surface area contributed by atoms with E-state index in [2.05, 4.69) is 15.2 Å². The monoisotopic (exact) mass is 492 g/mol. The van der Waals surface area contributed by atoms with Gasteiger partial charge in [0, 0.05) is 51.1 Å². The molecule has 0 unspecified atom stereocenters. The fourth-order valence-electron chi connectivity index (χ4n) is 5.55. The highest BCUT2D eigenvalue weighted by molar-refractivity contribution is 6.02. The molecule has 3 aliphatic rings. The van der Waals surface area contributed by atoms with Gasteiger partial charge in [0.15, 0.2) is 0 Å². The predicted molar refractivity (Wildman–Crippen MR) is 132 cm³/mol. The van der Waals surface area contributed by atoms with Gasteiger partial charge in [-0.15, -0.1) is 0 Å². The maximum Gasteiger partial charge on any atom is 0.268 e. The van der Waals surface area contributed by atoms with Crippen LogP contribution in [0.4, 0.5) is 4.39 Å². The van der Waals surface area contributed by atoms with E-state index < -0.39 is 11.5 Å². The molecule has 3 fully saturated rings. The molecule has 3 aromatic rings. The van der Waals surface area contributed by atoms with Crippen molar-refractivity contribution in [2.75, 3.05) is 26.7 Å². The minimum absolute atomic E-state index is 0.0266. The lowest BCUT2D eigenvalue weighted by Gasteiger charge is -2.38. The normalized spacial score (nSPS) is 19.3. The number of nitrogens with zero attached hydrogens (tertiary/aromatic N) is 3. The number of carbonyl (C=O) groups excluding carboxylic acids is 1. The van der Waals surface area contributed by atoms with E-state index in [1.807, 2.05) is 0 Å². The summed E-state index contributed by atoms with van der Waals surface area (Å²) in [5.41, 5.74) is 1.26. The summed E-state index contributed by atoms with van der Waals surface area (Å²) in [5.74, 6) is -1.28. The second kappa shape index (κ2) is 8.67. The molecule has 2 aliphatic carbocycles. The Morgan fingerprint density at radius 2 is 1.92 bits per heavy atom. The number of carbonyl (C=O) groups is 1. The molecule has 1 amide bonds. The molecule has 2 N–H and O–H groups in total. The van der Waals surface area contributed by atoms with Crippen LogP contribution in [0, 0.1) is 11.2 Å². The van der Waals surface area contributed by atoms with Crippen molar-refractivity contribution in [2.24, 2.45) is 5.41 Å². The average molecular weight is 493 g/mol. The molecule has 1 aliphatic heterocycles. The number of amides is 1. The van der Waals surface area contributed by atoms with Crippen molar-refractivity contribution < 1.29 is 19.0 Å². The van der Waals surface area contributed by atoms with Gasteiger partial charge in [-0.05, 0) is 54.9 Å². The van der Waals surface area contributed by atoms with Crippen molar-refractivity contribution in [1.29, 1.82) is 0 Å². The van der Waals surface area contributed by atoms with E-state index in [0.717, 1.165) is 25.9 Å². The van der Waals surface area contributed by atoms with E-state index >= 15 is 0 Å². The summed E-state index contributed by atoms with van der Waals surface area (Å²) in [5, 5.41) is 14.4. The van der Waals surface area contributed by atoms with Crippen LogP contribution in [0.1, 0.15) is 36.0 Å². The van der Waals surface area contributed by atoms with Crippen LogP contribution in [-0.2, 0) is 11.3 Å². The Morgan fingerprint density at radius 1 is 1.19 bits per heavy atom. The lowest BCUT2D eigenvalue weighted by molar-refractivity contribution is -0.0303. The third kappa shape index (κ3) is 4.06. The first-order chi connectivity index (χ1) is 17.4. The first-order valence-corrected chi connectivity index (χ1v) is 12.4. The maximum absolute atomic E-state index is 13.5. The van der Waals surface area contributed by atoms with Gasteiger partial charge in [0.25, 0.3) is 11.5 Å². The number of aromatic nitrogens is 2. The lowest BCUT2D eigenvalue weighted by atomic mass is 9.77. The number of ether oxygens (including phenoxy) is 1. The molecule has 188 valence electrons. The number of hydrogen-bond acceptors (Lipinski definition) is 6. The third-order valence-electron chi connectivity index (χ3n) is 8.03. The number of fused-ring (bicyclic) bond motifs is 1. The summed E-state index contributed by atoms with van der Waals surface area (Å²) in [7, 11) is 1.68. The molecular formula is C27H29FN4O4. The zero-order valence-corrected chi connectivity index (χ0v) is 20.2. The number of likely N-dealkylation sites (tertiary alicyclic amines) is 1. The van der Waals surface area contributed by atoms with E-state index in [4.69, 9.17) is 4.74 Å². The van der Waals surface area contributed by atoms with Crippen LogP contribution >= 0.6 is 0 Å². The highest BCUT2D eigenvalue weighted by Gasteiger charge is 2.53. The molecule has 1 aromatic carbocycles. The van der Waals surface area contributed by atoms with Crippen molar-refractivity contribution in [3.05, 3.63) is 58.3 Å². The van der Waals surface area contributed by atoms with Gasteiger partial charge in [0.2, 0.25) is 0 Å². The molecule has 6 rings (SSSR count). The lowest BCUT2D eigenvalue weighted by Crippen LogP contribution is -2.53. The van der Waals surface area contributed by atoms with Crippen LogP contribution in [0.2, 0.25) is 0 Å². The number of halogens is 1. The molecule has 1 saturated heterocycles. The highest BCUT2D eigenvalue weighted by Crippen LogP contribution is 2.60. The van der Waals surface area contributed by atoms with E-state index in [1.165, 1.54) is 29.5 Å². The van der Waals surface area contributed by atoms with Crippen LogP contribution in [-0.4, -0.2) is 64.4 Å². The third-order valence-corrected chi connectivity index (χ3v) is 8.03. The number of aromatic hydroxyl groups is 1. The van der Waals surface area contributed by atoms with Crippen LogP contribution in [0.5, 0.6) is 5.75 Å². The summed E-state index contributed by atoms with van der Waals surface area (Å²) in [6.45, 7) is 2.47. The Bertz CT molecular complexity index is 1390. The average Bonchev–Trinajstić information content (AvgIpc) is 3.61. The molecule has 0 atom stereocenters. The number of benzene rings is 1. The Kier molecular flexibility index (Phi) is 5.57. The Morgan fingerprint density at radius 3 is 2.58 bits per heavy atom. The van der Waals surface area contributed by atoms with Crippen molar-refractivity contribution >= 4 is 16.9 Å². The van der Waals surface area contributed by atoms with Gasteiger partial charge in [-0.2, -0.15) is 0 Å². The second-order valence-electron chi connectivity index (χ2n) is 10.5. The molecule has 1 spiro atoms. The first kappa shape index (κ1) is 23.1. The zero-order chi connectivity index (χ0) is 25.0. The van der Waals surface area contributed by atoms with Gasteiger partial charge in [-0.1, -0.05) is 12.1 Å². The van der Waals surface area contributed by atoms with Crippen LogP contribution < -0.4 is 10.9 Å². The largest absolute Gasteiger partial charge is 0.506 e. The number of pyridine rings is 2. The van der Waals surface area contributed by atoms with Crippen LogP contribution in [0.3, 0.4) is 0 Å². The van der Waals surface area contributed by atoms with Gasteiger partial charge in [0.1, 0.15) is 22.8 Å². The van der Waals surface area contributed by atoms with E-state index in [9.17, 15) is 19.1 Å². The van der Waals surface area contributed by atoms with E-state index in [-0.39, 0.29) is 29.3 Å². The van der Waals surface area contributed by atoms with Gasteiger partial charge in [-0.25, -0.2) is 9.37 Å². The zero-order valence-electron chi connectivity index (χ0n) is 20.2. The molecule has 3 heterocycles. The molecule has 9 heteroatoms. The molecular weight excluding hydrogens is 463 g/mol. The number of rotatable bonds is 7. The summed E-state index contributed by atoms with van der Waals surface area (Å²) < 4.78 is 20.2. The SMILES string of the molecule is COC1CN(CCn2c(=O)c(C(=O)NC3CC4(CC4)C3)c(O)c3cc(-c4ccc(F)cc4)cnc32)C1. The smallest absolute Gasteiger partial charge is 0.268 e. The number of hydrogen-bond donors (Lipinski definition) is 2. The standard InChI is InChI=1S/C27H29FN4O4/c1-36-20-14-31(15-20)8-9-32-24-21(10-17(13-29-24)16-2-4-18(28)5-3-16)23(33)22(26(32)35)25(34)30-19-11-27(12-19)6-7-27/h2-5,10,13,19-20,33H,6-9,11-12,14-15H2,1H3,(H,30,34). The molecule has 2 aromatic heterocycles. The number of nitrogens with one attached hydrogen (secondary N) is 1. The molecule has 8 nitrogen and oxygen atoms in total. The highest BCUT2D eigenvalue weighted by atomic mass is 19.1. The first-order valence-electron chi connectivity index (χ1n) is 12.4. The summed E-state index contributed by atoms with van der Waals surface area (Å²) in [6.07, 6.45) is 6.03. The maximum atomic E-state index is 13.5. The quantitative estimate of drug-likeness (QED) is 0.527. The van der Waals surface area contributed by atoms with Gasteiger partial charge < -0.3 is 15.2 Å². The minimum atomic E-state index is -0.552. The van der Waals surface area contributed by atoms with Crippen molar-refractivity contribution in [2.45, 2.75) is 44.4 Å². The van der Waals surface area contributed by atoms with Crippen LogP contribution in [0.25, 0.3) is 22.2 Å². The summed E-state index contributed by atoms with van der Waals surface area (Å²) in [4.78, 5) is 33.4. The topological polar surface area (TPSA) is 96.7 Å². The molecule has 2 saturated carbocycles. The van der Waals surface area contributed by atoms with Crippen molar-refractivity contribution in [3.63, 3.8) is 0 Å². The van der Waals surface area contributed by atoms with Gasteiger partial charge in [0.05, 0.1) is 11.5 Å².